The summed E-state index contributed by atoms with van der Waals surface area (Å²) in [5.74, 6) is 1.49. The van der Waals surface area contributed by atoms with Crippen molar-refractivity contribution in [2.24, 2.45) is 0 Å². The van der Waals surface area contributed by atoms with Gasteiger partial charge in [0.05, 0.1) is 23.3 Å². The van der Waals surface area contributed by atoms with Crippen LogP contribution in [0.4, 0.5) is 11.4 Å². The highest BCUT2D eigenvalue weighted by Crippen LogP contribution is 2.46. The van der Waals surface area contributed by atoms with Crippen LogP contribution in [-0.2, 0) is 0 Å². The second kappa shape index (κ2) is 7.99. The van der Waals surface area contributed by atoms with Crippen LogP contribution >= 0.6 is 12.2 Å². The summed E-state index contributed by atoms with van der Waals surface area (Å²) in [7, 11) is 2.16. The summed E-state index contributed by atoms with van der Waals surface area (Å²) < 4.78 is 11.2. The molecule has 178 valence electrons. The average molecular weight is 485 g/mol. The highest BCUT2D eigenvalue weighted by atomic mass is 32.1. The molecule has 1 fully saturated rings. The maximum atomic E-state index is 5.89. The fourth-order valence-electron chi connectivity index (χ4n) is 5.37. The van der Waals surface area contributed by atoms with E-state index in [2.05, 4.69) is 78.3 Å². The van der Waals surface area contributed by atoms with E-state index < -0.39 is 0 Å². The lowest BCUT2D eigenvalue weighted by atomic mass is 9.86. The van der Waals surface area contributed by atoms with Gasteiger partial charge in [0.15, 0.2) is 16.6 Å². The Balaban J connectivity index is 1.49. The number of aromatic nitrogens is 1. The molecular weight excluding hydrogens is 456 g/mol. The van der Waals surface area contributed by atoms with Gasteiger partial charge in [0.1, 0.15) is 0 Å². The molecule has 1 aromatic heterocycles. The van der Waals surface area contributed by atoms with Gasteiger partial charge in [0.2, 0.25) is 6.79 Å². The molecule has 2 aromatic carbocycles. The van der Waals surface area contributed by atoms with Gasteiger partial charge < -0.3 is 24.6 Å². The number of ether oxygens (including phenoxy) is 2. The van der Waals surface area contributed by atoms with Crippen molar-refractivity contribution in [3.8, 4) is 11.5 Å². The Morgan fingerprint density at radius 2 is 1.89 bits per heavy atom. The Morgan fingerprint density at radius 3 is 2.69 bits per heavy atom. The third kappa shape index (κ3) is 3.53. The minimum atomic E-state index is -0.103. The Morgan fingerprint density at radius 1 is 1.06 bits per heavy atom. The predicted octanol–water partition coefficient (Wildman–Crippen LogP) is 5.62. The molecule has 6 rings (SSSR count). The third-order valence-electron chi connectivity index (χ3n) is 7.31. The zero-order chi connectivity index (χ0) is 24.3. The molecule has 0 saturated carbocycles. The number of allylic oxidation sites excluding steroid dienone is 1. The normalized spacial score (nSPS) is 22.1. The summed E-state index contributed by atoms with van der Waals surface area (Å²) in [5, 5.41) is 4.21. The molecule has 0 amide bonds. The Kier molecular flexibility index (Phi) is 5.00. The maximum absolute atomic E-state index is 5.89. The first-order valence-corrected chi connectivity index (χ1v) is 12.2. The van der Waals surface area contributed by atoms with Gasteiger partial charge in [-0.15, -0.1) is 0 Å². The molecule has 0 unspecified atom stereocenters. The van der Waals surface area contributed by atoms with Gasteiger partial charge in [0, 0.05) is 36.2 Å². The van der Waals surface area contributed by atoms with Crippen LogP contribution in [0.3, 0.4) is 0 Å². The van der Waals surface area contributed by atoms with Crippen molar-refractivity contribution in [2.45, 2.75) is 38.4 Å². The average Bonchev–Trinajstić information content (AvgIpc) is 3.46. The van der Waals surface area contributed by atoms with E-state index in [4.69, 9.17) is 21.7 Å². The first-order valence-electron chi connectivity index (χ1n) is 11.8. The topological polar surface area (TPSA) is 49.9 Å². The van der Waals surface area contributed by atoms with Crippen LogP contribution in [0.15, 0.2) is 66.9 Å². The lowest BCUT2D eigenvalue weighted by Crippen LogP contribution is -2.42. The van der Waals surface area contributed by atoms with E-state index in [-0.39, 0.29) is 24.4 Å². The third-order valence-corrected chi connectivity index (χ3v) is 7.63. The molecular formula is C28H28N4O2S. The summed E-state index contributed by atoms with van der Waals surface area (Å²) in [4.78, 5) is 9.19. The predicted molar refractivity (Wildman–Crippen MR) is 143 cm³/mol. The fourth-order valence-corrected chi connectivity index (χ4v) is 5.71. The lowest BCUT2D eigenvalue weighted by molar-refractivity contribution is 0.174. The van der Waals surface area contributed by atoms with Gasteiger partial charge in [0.25, 0.3) is 0 Å². The van der Waals surface area contributed by atoms with Crippen molar-refractivity contribution in [2.75, 3.05) is 23.6 Å². The monoisotopic (exact) mass is 484 g/mol. The number of nitrogens with one attached hydrogen (secondary N) is 1. The zero-order valence-electron chi connectivity index (χ0n) is 20.3. The number of thiocarbonyl (C=S) groups is 1. The van der Waals surface area contributed by atoms with Crippen LogP contribution < -0.4 is 24.6 Å². The SMILES string of the molecule is CC1=CC(C)(C)N(C)c2ccc([C@@H]3[C@H](c4ccccn4)NC(=S)N3c3ccc4c(c3)OCO4)cc21. The number of fused-ring (bicyclic) bond motifs is 2. The first-order chi connectivity index (χ1) is 16.8. The molecule has 0 spiro atoms. The van der Waals surface area contributed by atoms with Crippen LogP contribution in [0, 0.1) is 0 Å². The molecule has 6 nitrogen and oxygen atoms in total. The highest BCUT2D eigenvalue weighted by Gasteiger charge is 2.41. The van der Waals surface area contributed by atoms with Crippen LogP contribution in [0.1, 0.15) is 49.7 Å². The number of hydrogen-bond acceptors (Lipinski definition) is 5. The molecule has 4 heterocycles. The first kappa shape index (κ1) is 21.9. The van der Waals surface area contributed by atoms with Gasteiger partial charge in [-0.05, 0) is 80.5 Å². The van der Waals surface area contributed by atoms with Gasteiger partial charge in [-0.3, -0.25) is 4.98 Å². The van der Waals surface area contributed by atoms with E-state index in [1.165, 1.54) is 22.4 Å². The van der Waals surface area contributed by atoms with Crippen molar-refractivity contribution in [3.63, 3.8) is 0 Å². The Hall–Kier alpha value is -3.58. The van der Waals surface area contributed by atoms with Crippen LogP contribution in [0.25, 0.3) is 5.57 Å². The van der Waals surface area contributed by atoms with E-state index in [0.717, 1.165) is 22.9 Å². The van der Waals surface area contributed by atoms with E-state index in [9.17, 15) is 0 Å². The number of pyridine rings is 1. The van der Waals surface area contributed by atoms with E-state index in [0.29, 0.717) is 5.11 Å². The van der Waals surface area contributed by atoms with Gasteiger partial charge >= 0.3 is 0 Å². The van der Waals surface area contributed by atoms with Crippen LogP contribution in [-0.4, -0.2) is 29.5 Å². The summed E-state index contributed by atoms with van der Waals surface area (Å²) in [6, 6.07) is 18.6. The standard InChI is InChI=1S/C28H28N4O2S/c1-17-15-28(2,3)31(4)22-10-8-18(13-20(17)22)26-25(21-7-5-6-12-29-21)30-27(35)32(26)19-9-11-23-24(14-19)34-16-33-23/h5-15,25-26H,16H2,1-4H3,(H,30,35)/t25-,26+/m0/s1. The van der Waals surface area contributed by atoms with Gasteiger partial charge in [-0.25, -0.2) is 0 Å². The summed E-state index contributed by atoms with van der Waals surface area (Å²) in [5.41, 5.74) is 6.80. The molecule has 3 aliphatic rings. The van der Waals surface area contributed by atoms with Crippen molar-refractivity contribution in [1.29, 1.82) is 0 Å². The number of hydrogen-bond donors (Lipinski definition) is 1. The number of likely N-dealkylation sites (N-methyl/N-ethyl adjacent to an activating group) is 1. The van der Waals surface area contributed by atoms with Crippen molar-refractivity contribution in [3.05, 3.63) is 83.7 Å². The minimum Gasteiger partial charge on any atom is -0.454 e. The van der Waals surface area contributed by atoms with E-state index >= 15 is 0 Å². The smallest absolute Gasteiger partial charge is 0.231 e. The van der Waals surface area contributed by atoms with Crippen molar-refractivity contribution < 1.29 is 9.47 Å². The second-order valence-corrected chi connectivity index (χ2v) is 10.2. The molecule has 1 N–H and O–H groups in total. The Bertz CT molecular complexity index is 1350. The zero-order valence-corrected chi connectivity index (χ0v) is 21.1. The quantitative estimate of drug-likeness (QED) is 0.484. The molecule has 3 aromatic rings. The van der Waals surface area contributed by atoms with Crippen LogP contribution in [0.2, 0.25) is 0 Å². The van der Waals surface area contributed by atoms with Gasteiger partial charge in [-0.2, -0.15) is 0 Å². The summed E-state index contributed by atoms with van der Waals surface area (Å²) in [6.07, 6.45) is 4.17. The lowest BCUT2D eigenvalue weighted by Gasteiger charge is -2.41. The number of benzene rings is 2. The van der Waals surface area contributed by atoms with Crippen molar-refractivity contribution in [1.82, 2.24) is 10.3 Å². The second-order valence-electron chi connectivity index (χ2n) is 9.85. The summed E-state index contributed by atoms with van der Waals surface area (Å²) in [6.45, 7) is 6.92. The number of nitrogens with zero attached hydrogens (tertiary/aromatic N) is 3. The summed E-state index contributed by atoms with van der Waals surface area (Å²) >= 11 is 5.89. The molecule has 0 aliphatic carbocycles. The van der Waals surface area contributed by atoms with Crippen LogP contribution in [0.5, 0.6) is 11.5 Å². The molecule has 35 heavy (non-hydrogen) atoms. The molecule has 0 radical (unpaired) electrons. The minimum absolute atomic E-state index is 0.0376. The molecule has 3 aliphatic heterocycles. The Labute approximate surface area is 211 Å². The largest absolute Gasteiger partial charge is 0.454 e. The number of anilines is 2. The fraction of sp³-hybridized carbons (Fsp3) is 0.286. The van der Waals surface area contributed by atoms with Crippen molar-refractivity contribution >= 4 is 34.3 Å². The van der Waals surface area contributed by atoms with Gasteiger partial charge in [-0.1, -0.05) is 18.2 Å². The maximum Gasteiger partial charge on any atom is 0.231 e. The van der Waals surface area contributed by atoms with E-state index in [1.807, 2.05) is 36.5 Å². The molecule has 2 atom stereocenters. The molecule has 1 saturated heterocycles. The molecule has 7 heteroatoms. The molecule has 0 bridgehead atoms. The van der Waals surface area contributed by atoms with E-state index in [1.54, 1.807) is 0 Å². The number of rotatable bonds is 3. The highest BCUT2D eigenvalue weighted by molar-refractivity contribution is 7.80.